The molecule has 0 saturated heterocycles. The van der Waals surface area contributed by atoms with Crippen LogP contribution in [0.15, 0.2) is 199 Å². The molecular weight excluding hydrogens is 793 g/mol. The summed E-state index contributed by atoms with van der Waals surface area (Å²) in [6, 6.07) is 66.8. The number of rotatable bonds is 6. The Kier molecular flexibility index (Phi) is 7.94. The second kappa shape index (κ2) is 14.1. The van der Waals surface area contributed by atoms with Crippen molar-refractivity contribution in [2.24, 2.45) is 0 Å². The van der Waals surface area contributed by atoms with Gasteiger partial charge in [0.25, 0.3) is 0 Å². The van der Waals surface area contributed by atoms with Gasteiger partial charge in [0.1, 0.15) is 11.2 Å². The first-order valence-corrected chi connectivity index (χ1v) is 21.6. The largest absolute Gasteiger partial charge is 0.455 e. The number of para-hydroxylation sites is 3. The number of fused-ring (bicyclic) bond motifs is 9. The minimum atomic E-state index is 0.573. The third-order valence-electron chi connectivity index (χ3n) is 11.9. The summed E-state index contributed by atoms with van der Waals surface area (Å²) in [6.45, 7) is 0. The van der Waals surface area contributed by atoms with Crippen LogP contribution in [0.3, 0.4) is 0 Å². The zero-order chi connectivity index (χ0) is 41.4. The fraction of sp³-hybridized carbons (Fsp3) is 0. The minimum absolute atomic E-state index is 0.573. The highest BCUT2D eigenvalue weighted by Gasteiger charge is 2.21. The molecule has 8 aromatic carbocycles. The van der Waals surface area contributed by atoms with E-state index in [4.69, 9.17) is 29.3 Å². The average Bonchev–Trinajstić information content (AvgIpc) is 4.04. The molecule has 0 aliphatic heterocycles. The molecule has 63 heavy (non-hydrogen) atoms. The first-order valence-electron chi connectivity index (χ1n) is 20.8. The summed E-state index contributed by atoms with van der Waals surface area (Å²) in [5.41, 5.74) is 11.3. The molecule has 0 fully saturated rings. The van der Waals surface area contributed by atoms with Crippen LogP contribution in [0.25, 0.3) is 127 Å². The van der Waals surface area contributed by atoms with Crippen LogP contribution < -0.4 is 0 Å². The summed E-state index contributed by atoms with van der Waals surface area (Å²) < 4.78 is 11.3. The summed E-state index contributed by atoms with van der Waals surface area (Å²) in [6.07, 6.45) is 0. The summed E-state index contributed by atoms with van der Waals surface area (Å²) >= 11 is 1.73. The monoisotopic (exact) mass is 824 g/mol. The molecule has 0 radical (unpaired) electrons. The van der Waals surface area contributed by atoms with Crippen molar-refractivity contribution >= 4 is 75.4 Å². The van der Waals surface area contributed by atoms with E-state index in [0.29, 0.717) is 23.3 Å². The van der Waals surface area contributed by atoms with E-state index in [1.54, 1.807) is 11.3 Å². The highest BCUT2D eigenvalue weighted by molar-refractivity contribution is 7.26. The number of hydrogen-bond acceptors (Lipinski definition) is 7. The van der Waals surface area contributed by atoms with E-state index in [0.717, 1.165) is 87.8 Å². The Bertz CT molecular complexity index is 3860. The summed E-state index contributed by atoms with van der Waals surface area (Å²) in [7, 11) is 0. The van der Waals surface area contributed by atoms with Gasteiger partial charge in [0.15, 0.2) is 23.3 Å². The Morgan fingerprint density at radius 1 is 0.397 bits per heavy atom. The van der Waals surface area contributed by atoms with Crippen molar-refractivity contribution in [1.29, 1.82) is 0 Å². The molecule has 5 aromatic heterocycles. The summed E-state index contributed by atoms with van der Waals surface area (Å²) in [4.78, 5) is 25.8. The molecule has 0 N–H and O–H groups in total. The SMILES string of the molecule is c1ccc(-c2nc(-c3ccc(-n4c5ccccc5c5ccccc54)cc3)nc(-c3ccc4oc5c(-c6nc(-c7ccccc7)c7sc8ccccc8c7n6)cccc5c4c3)n2)cc1. The van der Waals surface area contributed by atoms with Crippen LogP contribution in [0.5, 0.6) is 0 Å². The normalized spacial score (nSPS) is 11.8. The number of thiophene rings is 1. The van der Waals surface area contributed by atoms with E-state index in [-0.39, 0.29) is 0 Å². The number of hydrogen-bond donors (Lipinski definition) is 0. The van der Waals surface area contributed by atoms with E-state index in [9.17, 15) is 0 Å². The van der Waals surface area contributed by atoms with Crippen molar-refractivity contribution in [2.75, 3.05) is 0 Å². The molecule has 0 bridgehead atoms. The van der Waals surface area contributed by atoms with E-state index in [2.05, 4.69) is 144 Å². The average molecular weight is 825 g/mol. The maximum atomic E-state index is 6.70. The molecule has 7 nitrogen and oxygen atoms in total. The Morgan fingerprint density at radius 3 is 1.68 bits per heavy atom. The van der Waals surface area contributed by atoms with Gasteiger partial charge in [-0.05, 0) is 66.7 Å². The van der Waals surface area contributed by atoms with Crippen molar-refractivity contribution in [1.82, 2.24) is 29.5 Å². The molecule has 0 amide bonds. The van der Waals surface area contributed by atoms with Gasteiger partial charge in [-0.3, -0.25) is 0 Å². The van der Waals surface area contributed by atoms with Gasteiger partial charge in [0.05, 0.1) is 32.5 Å². The molecule has 0 atom stereocenters. The van der Waals surface area contributed by atoms with Crippen LogP contribution in [-0.2, 0) is 0 Å². The number of benzene rings is 8. The predicted octanol–water partition coefficient (Wildman–Crippen LogP) is 14.4. The third-order valence-corrected chi connectivity index (χ3v) is 13.1. The first-order chi connectivity index (χ1) is 31.2. The van der Waals surface area contributed by atoms with Gasteiger partial charge in [-0.25, -0.2) is 24.9 Å². The smallest absolute Gasteiger partial charge is 0.164 e. The van der Waals surface area contributed by atoms with Gasteiger partial charge < -0.3 is 8.98 Å². The molecule has 0 aliphatic carbocycles. The standard InChI is InChI=1S/C55H32N6OS/c1-3-14-33(15-4-1)48-51-49(41-20-9-12-25-47(41)63-51)57-55(56-48)42-22-13-21-40-43-32-36(28-31-46(43)62-50(40)42)54-59-52(34-16-5-2-6-17-34)58-53(60-54)35-26-29-37(30-27-35)61-44-23-10-7-18-38(44)39-19-8-11-24-45(39)61/h1-32H. The molecule has 13 aromatic rings. The van der Waals surface area contributed by atoms with E-state index < -0.39 is 0 Å². The highest BCUT2D eigenvalue weighted by atomic mass is 32.1. The lowest BCUT2D eigenvalue weighted by Gasteiger charge is -2.11. The van der Waals surface area contributed by atoms with E-state index >= 15 is 0 Å². The number of aromatic nitrogens is 6. The topological polar surface area (TPSA) is 82.5 Å². The maximum Gasteiger partial charge on any atom is 0.164 e. The Hall–Kier alpha value is -8.33. The maximum absolute atomic E-state index is 6.70. The van der Waals surface area contributed by atoms with Crippen molar-refractivity contribution < 1.29 is 4.42 Å². The van der Waals surface area contributed by atoms with Crippen molar-refractivity contribution in [3.8, 4) is 62.5 Å². The lowest BCUT2D eigenvalue weighted by Crippen LogP contribution is -2.00. The van der Waals surface area contributed by atoms with Gasteiger partial charge in [-0.2, -0.15) is 0 Å². The third kappa shape index (κ3) is 5.76. The number of nitrogens with zero attached hydrogens (tertiary/aromatic N) is 6. The van der Waals surface area contributed by atoms with Crippen molar-refractivity contribution in [3.05, 3.63) is 194 Å². The van der Waals surface area contributed by atoms with Crippen LogP contribution in [0, 0.1) is 0 Å². The Morgan fingerprint density at radius 2 is 0.968 bits per heavy atom. The highest BCUT2D eigenvalue weighted by Crippen LogP contribution is 2.42. The quantitative estimate of drug-likeness (QED) is 0.166. The Labute approximate surface area is 364 Å². The summed E-state index contributed by atoms with van der Waals surface area (Å²) in [5, 5.41) is 5.48. The molecular formula is C55H32N6OS. The Balaban J connectivity index is 0.940. The fourth-order valence-corrected chi connectivity index (χ4v) is 10.1. The lowest BCUT2D eigenvalue weighted by molar-refractivity contribution is 0.669. The van der Waals surface area contributed by atoms with Crippen LogP contribution >= 0.6 is 11.3 Å². The second-order valence-corrected chi connectivity index (χ2v) is 16.7. The van der Waals surface area contributed by atoms with Crippen LogP contribution in [0.1, 0.15) is 0 Å². The molecule has 8 heteroatoms. The minimum Gasteiger partial charge on any atom is -0.455 e. The van der Waals surface area contributed by atoms with Gasteiger partial charge in [0.2, 0.25) is 0 Å². The van der Waals surface area contributed by atoms with Crippen LogP contribution in [0.4, 0.5) is 0 Å². The molecule has 5 heterocycles. The zero-order valence-electron chi connectivity index (χ0n) is 33.5. The molecule has 294 valence electrons. The fourth-order valence-electron chi connectivity index (χ4n) is 8.93. The number of furan rings is 1. The van der Waals surface area contributed by atoms with Crippen LogP contribution in [-0.4, -0.2) is 29.5 Å². The van der Waals surface area contributed by atoms with Crippen molar-refractivity contribution in [3.63, 3.8) is 0 Å². The lowest BCUT2D eigenvalue weighted by atomic mass is 10.1. The second-order valence-electron chi connectivity index (χ2n) is 15.6. The van der Waals surface area contributed by atoms with Gasteiger partial charge in [-0.1, -0.05) is 127 Å². The molecule has 0 unspecified atom stereocenters. The zero-order valence-corrected chi connectivity index (χ0v) is 34.3. The van der Waals surface area contributed by atoms with Gasteiger partial charge in [-0.15, -0.1) is 11.3 Å². The summed E-state index contributed by atoms with van der Waals surface area (Å²) in [5.74, 6) is 2.39. The van der Waals surface area contributed by atoms with Crippen LogP contribution in [0.2, 0.25) is 0 Å². The molecule has 0 aliphatic rings. The molecule has 13 rings (SSSR count). The van der Waals surface area contributed by atoms with Gasteiger partial charge >= 0.3 is 0 Å². The molecule has 0 saturated carbocycles. The van der Waals surface area contributed by atoms with Crippen molar-refractivity contribution in [2.45, 2.75) is 0 Å². The molecule has 0 spiro atoms. The van der Waals surface area contributed by atoms with E-state index in [1.165, 1.54) is 15.5 Å². The van der Waals surface area contributed by atoms with E-state index in [1.807, 2.05) is 54.6 Å². The predicted molar refractivity (Wildman–Crippen MR) is 257 cm³/mol. The van der Waals surface area contributed by atoms with Gasteiger partial charge in [0, 0.05) is 59.6 Å². The first kappa shape index (κ1) is 35.4.